The van der Waals surface area contributed by atoms with Crippen LogP contribution in [0.4, 0.5) is 5.82 Å². The Morgan fingerprint density at radius 1 is 1.16 bits per heavy atom. The van der Waals surface area contributed by atoms with Crippen LogP contribution in [0.1, 0.15) is 23.3 Å². The monoisotopic (exact) mass is 340 g/mol. The van der Waals surface area contributed by atoms with Gasteiger partial charge in [0.2, 0.25) is 0 Å². The van der Waals surface area contributed by atoms with Gasteiger partial charge in [0.05, 0.1) is 12.2 Å². The summed E-state index contributed by atoms with van der Waals surface area (Å²) in [5, 5.41) is 0. The van der Waals surface area contributed by atoms with Crippen molar-refractivity contribution < 1.29 is 9.53 Å². The molecule has 4 heterocycles. The first-order valence-electron chi connectivity index (χ1n) is 8.87. The molecule has 2 aromatic rings. The summed E-state index contributed by atoms with van der Waals surface area (Å²) < 4.78 is 8.07. The molecule has 0 radical (unpaired) electrons. The summed E-state index contributed by atoms with van der Waals surface area (Å²) in [5.74, 6) is 1.12. The molecule has 132 valence electrons. The number of rotatable bonds is 2. The number of anilines is 1. The van der Waals surface area contributed by atoms with E-state index >= 15 is 0 Å². The van der Waals surface area contributed by atoms with E-state index in [1.165, 1.54) is 0 Å². The van der Waals surface area contributed by atoms with Crippen LogP contribution in [0.3, 0.4) is 0 Å². The number of carbonyl (C=O) groups excluding carboxylic acids is 1. The van der Waals surface area contributed by atoms with Crippen LogP contribution >= 0.6 is 0 Å². The SMILES string of the molecule is Cn1cccc1C(=O)N1CCC2(CC1)CN(c1ccccn1)CCO2. The molecule has 1 spiro atoms. The molecule has 0 aliphatic carbocycles. The van der Waals surface area contributed by atoms with Gasteiger partial charge in [-0.2, -0.15) is 0 Å². The predicted molar refractivity (Wildman–Crippen MR) is 95.7 cm³/mol. The van der Waals surface area contributed by atoms with Gasteiger partial charge in [-0.25, -0.2) is 4.98 Å². The minimum atomic E-state index is -0.166. The highest BCUT2D eigenvalue weighted by Gasteiger charge is 2.41. The van der Waals surface area contributed by atoms with Gasteiger partial charge < -0.3 is 19.1 Å². The van der Waals surface area contributed by atoms with E-state index in [1.807, 2.05) is 59.2 Å². The van der Waals surface area contributed by atoms with Crippen LogP contribution in [0.2, 0.25) is 0 Å². The van der Waals surface area contributed by atoms with Crippen molar-refractivity contribution in [3.8, 4) is 0 Å². The van der Waals surface area contributed by atoms with Crippen molar-refractivity contribution in [3.63, 3.8) is 0 Å². The van der Waals surface area contributed by atoms with E-state index in [1.54, 1.807) is 0 Å². The Morgan fingerprint density at radius 2 is 2.00 bits per heavy atom. The quantitative estimate of drug-likeness (QED) is 0.838. The Labute approximate surface area is 148 Å². The number of piperidine rings is 1. The summed E-state index contributed by atoms with van der Waals surface area (Å²) in [6.07, 6.45) is 5.48. The number of carbonyl (C=O) groups is 1. The Morgan fingerprint density at radius 3 is 2.68 bits per heavy atom. The number of pyridine rings is 1. The zero-order valence-corrected chi connectivity index (χ0v) is 14.6. The first-order valence-corrected chi connectivity index (χ1v) is 8.87. The van der Waals surface area contributed by atoms with Crippen LogP contribution in [0.5, 0.6) is 0 Å². The number of hydrogen-bond donors (Lipinski definition) is 0. The summed E-state index contributed by atoms with van der Waals surface area (Å²) in [7, 11) is 1.91. The number of aromatic nitrogens is 2. The third-order valence-corrected chi connectivity index (χ3v) is 5.35. The van der Waals surface area contributed by atoms with E-state index in [0.29, 0.717) is 6.61 Å². The first-order chi connectivity index (χ1) is 12.2. The fourth-order valence-electron chi connectivity index (χ4n) is 3.85. The molecule has 25 heavy (non-hydrogen) atoms. The van der Waals surface area contributed by atoms with Gasteiger partial charge in [-0.1, -0.05) is 6.07 Å². The Hall–Kier alpha value is -2.34. The molecule has 6 heteroatoms. The molecule has 4 rings (SSSR count). The Bertz CT molecular complexity index is 735. The molecule has 0 N–H and O–H groups in total. The molecule has 2 aromatic heterocycles. The summed E-state index contributed by atoms with van der Waals surface area (Å²) >= 11 is 0. The summed E-state index contributed by atoms with van der Waals surface area (Å²) in [6.45, 7) is 3.89. The average Bonchev–Trinajstić information content (AvgIpc) is 3.09. The molecule has 2 aliphatic rings. The van der Waals surface area contributed by atoms with Crippen LogP contribution < -0.4 is 4.90 Å². The molecule has 2 saturated heterocycles. The van der Waals surface area contributed by atoms with Gasteiger partial charge in [0.1, 0.15) is 11.5 Å². The fourth-order valence-corrected chi connectivity index (χ4v) is 3.85. The minimum Gasteiger partial charge on any atom is -0.371 e. The number of morpholine rings is 1. The van der Waals surface area contributed by atoms with E-state index in [-0.39, 0.29) is 11.5 Å². The third-order valence-electron chi connectivity index (χ3n) is 5.35. The van der Waals surface area contributed by atoms with Crippen molar-refractivity contribution in [2.24, 2.45) is 7.05 Å². The number of nitrogens with zero attached hydrogens (tertiary/aromatic N) is 4. The van der Waals surface area contributed by atoms with Gasteiger partial charge in [0, 0.05) is 45.6 Å². The van der Waals surface area contributed by atoms with Crippen molar-refractivity contribution in [2.45, 2.75) is 18.4 Å². The highest BCUT2D eigenvalue weighted by Crippen LogP contribution is 2.32. The van der Waals surface area contributed by atoms with Crippen molar-refractivity contribution in [1.82, 2.24) is 14.5 Å². The van der Waals surface area contributed by atoms with E-state index in [0.717, 1.165) is 50.5 Å². The van der Waals surface area contributed by atoms with E-state index in [9.17, 15) is 4.79 Å². The molecular formula is C19H24N4O2. The molecule has 0 atom stereocenters. The Kier molecular flexibility index (Phi) is 4.21. The normalized spacial score (nSPS) is 20.0. The molecule has 0 aromatic carbocycles. The molecule has 0 bridgehead atoms. The van der Waals surface area contributed by atoms with Crippen molar-refractivity contribution in [1.29, 1.82) is 0 Å². The molecule has 0 unspecified atom stereocenters. The molecule has 2 aliphatic heterocycles. The lowest BCUT2D eigenvalue weighted by Crippen LogP contribution is -2.57. The van der Waals surface area contributed by atoms with E-state index < -0.39 is 0 Å². The van der Waals surface area contributed by atoms with Crippen LogP contribution in [0, 0.1) is 0 Å². The second-order valence-corrected chi connectivity index (χ2v) is 6.94. The number of aryl methyl sites for hydroxylation is 1. The van der Waals surface area contributed by atoms with Crippen molar-refractivity contribution >= 4 is 11.7 Å². The van der Waals surface area contributed by atoms with E-state index in [4.69, 9.17) is 4.74 Å². The van der Waals surface area contributed by atoms with Crippen LogP contribution in [0.25, 0.3) is 0 Å². The van der Waals surface area contributed by atoms with Crippen molar-refractivity contribution in [3.05, 3.63) is 48.4 Å². The number of ether oxygens (including phenoxy) is 1. The highest BCUT2D eigenvalue weighted by molar-refractivity contribution is 5.92. The molecule has 2 fully saturated rings. The van der Waals surface area contributed by atoms with Gasteiger partial charge in [-0.05, 0) is 37.1 Å². The lowest BCUT2D eigenvalue weighted by Gasteiger charge is -2.47. The standard InChI is InChI=1S/C19H24N4O2/c1-21-10-4-5-16(21)18(24)22-11-7-19(8-12-22)15-23(13-14-25-19)17-6-2-3-9-20-17/h2-6,9-10H,7-8,11-15H2,1H3. The number of hydrogen-bond acceptors (Lipinski definition) is 4. The first kappa shape index (κ1) is 16.1. The zero-order valence-electron chi connectivity index (χ0n) is 14.6. The maximum Gasteiger partial charge on any atom is 0.270 e. The van der Waals surface area contributed by atoms with Crippen LogP contribution in [0.15, 0.2) is 42.7 Å². The lowest BCUT2D eigenvalue weighted by molar-refractivity contribution is -0.0870. The largest absolute Gasteiger partial charge is 0.371 e. The summed E-state index contributed by atoms with van der Waals surface area (Å²) in [5.41, 5.74) is 0.580. The third kappa shape index (κ3) is 3.14. The summed E-state index contributed by atoms with van der Waals surface area (Å²) in [4.78, 5) is 21.4. The lowest BCUT2D eigenvalue weighted by atomic mass is 9.89. The van der Waals surface area contributed by atoms with E-state index in [2.05, 4.69) is 9.88 Å². The number of likely N-dealkylation sites (tertiary alicyclic amines) is 1. The molecule has 1 amide bonds. The van der Waals surface area contributed by atoms with Gasteiger partial charge in [0.15, 0.2) is 0 Å². The van der Waals surface area contributed by atoms with Gasteiger partial charge >= 0.3 is 0 Å². The summed E-state index contributed by atoms with van der Waals surface area (Å²) in [6, 6.07) is 9.80. The smallest absolute Gasteiger partial charge is 0.270 e. The predicted octanol–water partition coefficient (Wildman–Crippen LogP) is 1.93. The zero-order chi connectivity index (χ0) is 17.3. The second kappa shape index (κ2) is 6.52. The van der Waals surface area contributed by atoms with Crippen LogP contribution in [-0.4, -0.2) is 58.7 Å². The highest BCUT2D eigenvalue weighted by atomic mass is 16.5. The minimum absolute atomic E-state index is 0.111. The van der Waals surface area contributed by atoms with Gasteiger partial charge in [-0.3, -0.25) is 4.79 Å². The fraction of sp³-hybridized carbons (Fsp3) is 0.474. The molecule has 6 nitrogen and oxygen atoms in total. The maximum atomic E-state index is 12.7. The number of amides is 1. The topological polar surface area (TPSA) is 50.6 Å². The molecule has 0 saturated carbocycles. The maximum absolute atomic E-state index is 12.7. The Balaban J connectivity index is 1.42. The van der Waals surface area contributed by atoms with Gasteiger partial charge in [0.25, 0.3) is 5.91 Å². The van der Waals surface area contributed by atoms with Crippen molar-refractivity contribution in [2.75, 3.05) is 37.7 Å². The molecular weight excluding hydrogens is 316 g/mol. The van der Waals surface area contributed by atoms with Crippen LogP contribution in [-0.2, 0) is 11.8 Å². The second-order valence-electron chi connectivity index (χ2n) is 6.94. The van der Waals surface area contributed by atoms with Gasteiger partial charge in [-0.15, -0.1) is 0 Å². The average molecular weight is 340 g/mol.